The summed E-state index contributed by atoms with van der Waals surface area (Å²) in [6, 6.07) is 13.6. The predicted octanol–water partition coefficient (Wildman–Crippen LogP) is 3.55. The summed E-state index contributed by atoms with van der Waals surface area (Å²) in [4.78, 5) is 18.0. The summed E-state index contributed by atoms with van der Waals surface area (Å²) < 4.78 is 16.4. The summed E-state index contributed by atoms with van der Waals surface area (Å²) >= 11 is 0. The van der Waals surface area contributed by atoms with Crippen LogP contribution in [0.25, 0.3) is 6.08 Å². The topological polar surface area (TPSA) is 63.3 Å². The molecule has 1 N–H and O–H groups in total. The lowest BCUT2D eigenvalue weighted by molar-refractivity contribution is 0.0761. The van der Waals surface area contributed by atoms with Gasteiger partial charge < -0.3 is 29.3 Å². The smallest absolute Gasteiger partial charge is 0.254 e. The molecule has 2 aromatic rings. The van der Waals surface area contributed by atoms with Gasteiger partial charge in [0, 0.05) is 44.8 Å². The van der Waals surface area contributed by atoms with Crippen LogP contribution in [0.15, 0.2) is 48.0 Å². The van der Waals surface area contributed by atoms with E-state index in [1.807, 2.05) is 23.1 Å². The molecule has 0 unspecified atom stereocenters. The number of piperazine rings is 1. The van der Waals surface area contributed by atoms with Gasteiger partial charge in [-0.3, -0.25) is 4.79 Å². The van der Waals surface area contributed by atoms with Crippen LogP contribution in [0.4, 0.5) is 0 Å². The van der Waals surface area contributed by atoms with E-state index in [0.29, 0.717) is 35.9 Å². The van der Waals surface area contributed by atoms with Crippen molar-refractivity contribution in [2.75, 3.05) is 67.1 Å². The van der Waals surface area contributed by atoms with Crippen LogP contribution < -0.4 is 19.5 Å². The van der Waals surface area contributed by atoms with Crippen LogP contribution in [0.2, 0.25) is 0 Å². The van der Waals surface area contributed by atoms with Crippen molar-refractivity contribution in [3.05, 3.63) is 59.2 Å². The van der Waals surface area contributed by atoms with E-state index in [2.05, 4.69) is 35.3 Å². The highest BCUT2D eigenvalue weighted by Gasteiger charge is 2.22. The summed E-state index contributed by atoms with van der Waals surface area (Å²) in [7, 11) is 4.68. The van der Waals surface area contributed by atoms with Crippen molar-refractivity contribution in [2.45, 2.75) is 13.3 Å². The quantitative estimate of drug-likeness (QED) is 0.545. The molecule has 0 aromatic heterocycles. The summed E-state index contributed by atoms with van der Waals surface area (Å²) in [5, 5.41) is 3.39. The molecule has 1 aliphatic rings. The van der Waals surface area contributed by atoms with E-state index in [0.717, 1.165) is 50.3 Å². The number of rotatable bonds is 11. The molecule has 0 saturated carbocycles. The fourth-order valence-corrected chi connectivity index (χ4v) is 4.24. The number of hydrogen-bond acceptors (Lipinski definition) is 6. The van der Waals surface area contributed by atoms with Gasteiger partial charge in [-0.1, -0.05) is 42.0 Å². The van der Waals surface area contributed by atoms with Gasteiger partial charge in [0.05, 0.1) is 21.3 Å². The van der Waals surface area contributed by atoms with E-state index in [-0.39, 0.29) is 5.91 Å². The van der Waals surface area contributed by atoms with Gasteiger partial charge in [-0.05, 0) is 37.6 Å². The Hall–Kier alpha value is -3.03. The molecule has 1 heterocycles. The van der Waals surface area contributed by atoms with Crippen molar-refractivity contribution in [2.24, 2.45) is 0 Å². The number of ether oxygens (including phenoxy) is 3. The molecule has 34 heavy (non-hydrogen) atoms. The molecule has 0 spiro atoms. The summed E-state index contributed by atoms with van der Waals surface area (Å²) in [5.41, 5.74) is 2.76. The number of methoxy groups -OCH3 is 3. The Morgan fingerprint density at radius 2 is 1.68 bits per heavy atom. The predicted molar refractivity (Wildman–Crippen MR) is 136 cm³/mol. The first-order valence-electron chi connectivity index (χ1n) is 11.8. The lowest BCUT2D eigenvalue weighted by Gasteiger charge is -2.29. The van der Waals surface area contributed by atoms with Crippen LogP contribution in [0.1, 0.15) is 29.3 Å². The van der Waals surface area contributed by atoms with E-state index in [4.69, 9.17) is 14.2 Å². The zero-order valence-electron chi connectivity index (χ0n) is 20.8. The first-order valence-corrected chi connectivity index (χ1v) is 11.8. The number of amides is 1. The molecule has 0 atom stereocenters. The number of carbonyl (C=O) groups is 1. The molecule has 1 aliphatic heterocycles. The van der Waals surface area contributed by atoms with E-state index < -0.39 is 0 Å². The van der Waals surface area contributed by atoms with Crippen LogP contribution in [0, 0.1) is 0 Å². The molecule has 0 bridgehead atoms. The SMILES string of the molecule is COc1cc(C(=O)N(CCCN2CCNCC2)C/C(C)=C/c2ccccc2)cc(OC)c1OC. The molecule has 7 heteroatoms. The fraction of sp³-hybridized carbons (Fsp3) is 0.444. The van der Waals surface area contributed by atoms with Gasteiger partial charge in [-0.25, -0.2) is 0 Å². The van der Waals surface area contributed by atoms with Crippen LogP contribution >= 0.6 is 0 Å². The minimum Gasteiger partial charge on any atom is -0.493 e. The van der Waals surface area contributed by atoms with Crippen molar-refractivity contribution in [1.82, 2.24) is 15.1 Å². The standard InChI is InChI=1S/C27H37N3O4/c1-21(17-22-9-6-5-7-10-22)20-30(14-8-13-29-15-11-28-12-16-29)27(31)23-18-24(32-2)26(34-4)25(19-23)33-3/h5-7,9-10,17-19,28H,8,11-16,20H2,1-4H3/b21-17+. The maximum absolute atomic E-state index is 13.7. The van der Waals surface area contributed by atoms with Crippen molar-refractivity contribution in [3.63, 3.8) is 0 Å². The Kier molecular flexibility index (Phi) is 9.79. The maximum atomic E-state index is 13.7. The monoisotopic (exact) mass is 467 g/mol. The number of hydrogen-bond donors (Lipinski definition) is 1. The third-order valence-electron chi connectivity index (χ3n) is 5.96. The van der Waals surface area contributed by atoms with E-state index in [1.54, 1.807) is 33.5 Å². The van der Waals surface area contributed by atoms with E-state index >= 15 is 0 Å². The molecule has 7 nitrogen and oxygen atoms in total. The number of benzene rings is 2. The molecule has 184 valence electrons. The second-order valence-corrected chi connectivity index (χ2v) is 8.49. The number of nitrogens with one attached hydrogen (secondary N) is 1. The molecule has 3 rings (SSSR count). The highest BCUT2D eigenvalue weighted by molar-refractivity contribution is 5.96. The average Bonchev–Trinajstić information content (AvgIpc) is 2.87. The minimum absolute atomic E-state index is 0.0552. The van der Waals surface area contributed by atoms with Gasteiger partial charge in [0.1, 0.15) is 0 Å². The third-order valence-corrected chi connectivity index (χ3v) is 5.96. The Bertz CT molecular complexity index is 931. The van der Waals surface area contributed by atoms with Gasteiger partial charge in [0.25, 0.3) is 5.91 Å². The first kappa shape index (κ1) is 25.6. The highest BCUT2D eigenvalue weighted by Crippen LogP contribution is 2.38. The molecule has 0 radical (unpaired) electrons. The number of nitrogens with zero attached hydrogens (tertiary/aromatic N) is 2. The van der Waals surface area contributed by atoms with Crippen LogP contribution in [0.5, 0.6) is 17.2 Å². The zero-order chi connectivity index (χ0) is 24.3. The van der Waals surface area contributed by atoms with Gasteiger partial charge in [0.15, 0.2) is 11.5 Å². The van der Waals surface area contributed by atoms with E-state index in [1.165, 1.54) is 0 Å². The van der Waals surface area contributed by atoms with Crippen molar-refractivity contribution >= 4 is 12.0 Å². The largest absolute Gasteiger partial charge is 0.493 e. The summed E-state index contributed by atoms with van der Waals surface area (Å²) in [5.74, 6) is 1.37. The summed E-state index contributed by atoms with van der Waals surface area (Å²) in [6.07, 6.45) is 3.04. The van der Waals surface area contributed by atoms with Gasteiger partial charge >= 0.3 is 0 Å². The second-order valence-electron chi connectivity index (χ2n) is 8.49. The Morgan fingerprint density at radius 3 is 2.26 bits per heavy atom. The Balaban J connectivity index is 1.81. The van der Waals surface area contributed by atoms with Crippen LogP contribution in [-0.2, 0) is 0 Å². The van der Waals surface area contributed by atoms with Crippen molar-refractivity contribution in [3.8, 4) is 17.2 Å². The molecule has 1 saturated heterocycles. The third kappa shape index (κ3) is 6.98. The first-order chi connectivity index (χ1) is 16.5. The molecular weight excluding hydrogens is 430 g/mol. The minimum atomic E-state index is -0.0552. The van der Waals surface area contributed by atoms with Gasteiger partial charge in [-0.15, -0.1) is 0 Å². The second kappa shape index (κ2) is 13.0. The fourth-order valence-electron chi connectivity index (χ4n) is 4.24. The van der Waals surface area contributed by atoms with Crippen molar-refractivity contribution in [1.29, 1.82) is 0 Å². The van der Waals surface area contributed by atoms with E-state index in [9.17, 15) is 4.79 Å². The number of carbonyl (C=O) groups excluding carboxylic acids is 1. The molecule has 1 fully saturated rings. The maximum Gasteiger partial charge on any atom is 0.254 e. The normalized spacial score (nSPS) is 14.5. The lowest BCUT2D eigenvalue weighted by atomic mass is 10.1. The van der Waals surface area contributed by atoms with Crippen LogP contribution in [-0.4, -0.2) is 82.8 Å². The molecule has 1 amide bonds. The zero-order valence-corrected chi connectivity index (χ0v) is 20.8. The Labute approximate surface area is 203 Å². The molecule has 0 aliphatic carbocycles. The lowest BCUT2D eigenvalue weighted by Crippen LogP contribution is -2.44. The van der Waals surface area contributed by atoms with Gasteiger partial charge in [0.2, 0.25) is 5.75 Å². The van der Waals surface area contributed by atoms with Crippen LogP contribution in [0.3, 0.4) is 0 Å². The molecular formula is C27H37N3O4. The van der Waals surface area contributed by atoms with Crippen molar-refractivity contribution < 1.29 is 19.0 Å². The Morgan fingerprint density at radius 1 is 1.03 bits per heavy atom. The van der Waals surface area contributed by atoms with Gasteiger partial charge in [-0.2, -0.15) is 0 Å². The average molecular weight is 468 g/mol. The molecule has 2 aromatic carbocycles. The summed E-state index contributed by atoms with van der Waals surface area (Å²) in [6.45, 7) is 8.40. The highest BCUT2D eigenvalue weighted by atomic mass is 16.5.